The maximum atomic E-state index is 11.0. The molecule has 0 N–H and O–H groups in total. The Labute approximate surface area is 91.9 Å². The quantitative estimate of drug-likeness (QED) is 0.578. The number of halogens is 1. The number of methoxy groups -OCH3 is 1. The second-order valence-corrected chi connectivity index (χ2v) is 4.30. The Kier molecular flexibility index (Phi) is 3.89. The number of hydrogen-bond donors (Lipinski definition) is 0. The molecule has 1 aliphatic rings. The average molecular weight is 261 g/mol. The van der Waals surface area contributed by atoms with Crippen molar-refractivity contribution in [2.24, 2.45) is 0 Å². The van der Waals surface area contributed by atoms with E-state index in [1.807, 2.05) is 12.2 Å². The number of carbonyl (C=O) groups is 1. The van der Waals surface area contributed by atoms with E-state index in [9.17, 15) is 4.79 Å². The Hall–Kier alpha value is -0.610. The zero-order valence-corrected chi connectivity index (χ0v) is 9.83. The zero-order chi connectivity index (χ0) is 10.6. The summed E-state index contributed by atoms with van der Waals surface area (Å²) in [6, 6.07) is 0. The minimum Gasteiger partial charge on any atom is -0.427 e. The van der Waals surface area contributed by atoms with Crippen molar-refractivity contribution in [3.63, 3.8) is 0 Å². The molecule has 3 nitrogen and oxygen atoms in total. The van der Waals surface area contributed by atoms with Crippen molar-refractivity contribution >= 4 is 21.9 Å². The third-order valence-electron chi connectivity index (χ3n) is 1.94. The molecule has 0 spiro atoms. The predicted octanol–water partition coefficient (Wildman–Crippen LogP) is 2.52. The molecular weight excluding hydrogens is 248 g/mol. The fourth-order valence-corrected chi connectivity index (χ4v) is 1.31. The fourth-order valence-electron chi connectivity index (χ4n) is 1.01. The van der Waals surface area contributed by atoms with Crippen molar-refractivity contribution in [3.05, 3.63) is 24.0 Å². The van der Waals surface area contributed by atoms with Gasteiger partial charge in [-0.05, 0) is 34.2 Å². The van der Waals surface area contributed by atoms with Gasteiger partial charge in [0.1, 0.15) is 10.3 Å². The first-order chi connectivity index (χ1) is 6.59. The summed E-state index contributed by atoms with van der Waals surface area (Å²) in [6.07, 6.45) is 6.41. The topological polar surface area (TPSA) is 35.5 Å². The van der Waals surface area contributed by atoms with Crippen molar-refractivity contribution in [2.45, 2.75) is 24.3 Å². The third-order valence-corrected chi connectivity index (χ3v) is 2.85. The molecule has 0 aromatic rings. The molecule has 1 atom stereocenters. The molecule has 0 fully saturated rings. The van der Waals surface area contributed by atoms with Crippen molar-refractivity contribution in [3.8, 4) is 0 Å². The highest BCUT2D eigenvalue weighted by Crippen LogP contribution is 2.30. The smallest absolute Gasteiger partial charge is 0.310 e. The van der Waals surface area contributed by atoms with Gasteiger partial charge in [-0.15, -0.1) is 0 Å². The van der Waals surface area contributed by atoms with Crippen LogP contribution in [0.2, 0.25) is 0 Å². The summed E-state index contributed by atoms with van der Waals surface area (Å²) >= 11 is 3.41. The Morgan fingerprint density at radius 2 is 2.43 bits per heavy atom. The second-order valence-electron chi connectivity index (χ2n) is 2.96. The molecule has 78 valence electrons. The summed E-state index contributed by atoms with van der Waals surface area (Å²) in [6.45, 7) is 1.76. The van der Waals surface area contributed by atoms with E-state index in [-0.39, 0.29) is 5.97 Å². The average Bonchev–Trinajstić information content (AvgIpc) is 2.21. The van der Waals surface area contributed by atoms with Crippen LogP contribution in [0, 0.1) is 0 Å². The zero-order valence-electron chi connectivity index (χ0n) is 8.25. The Morgan fingerprint density at radius 3 is 2.86 bits per heavy atom. The van der Waals surface area contributed by atoms with Crippen LogP contribution in [-0.2, 0) is 14.3 Å². The van der Waals surface area contributed by atoms with E-state index in [4.69, 9.17) is 9.47 Å². The van der Waals surface area contributed by atoms with Gasteiger partial charge in [0.2, 0.25) is 0 Å². The first-order valence-electron chi connectivity index (χ1n) is 4.44. The van der Waals surface area contributed by atoms with Gasteiger partial charge in [0, 0.05) is 20.0 Å². The highest BCUT2D eigenvalue weighted by molar-refractivity contribution is 9.10. The van der Waals surface area contributed by atoms with E-state index in [2.05, 4.69) is 15.9 Å². The molecular formula is C10H13BrO3. The second kappa shape index (κ2) is 4.75. The number of alkyl halides is 1. The fraction of sp³-hybridized carbons (Fsp3) is 0.500. The highest BCUT2D eigenvalue weighted by Gasteiger charge is 2.24. The van der Waals surface area contributed by atoms with Crippen LogP contribution in [0.25, 0.3) is 0 Å². The summed E-state index contributed by atoms with van der Waals surface area (Å²) < 4.78 is 9.79. The van der Waals surface area contributed by atoms with Crippen LogP contribution in [0.5, 0.6) is 0 Å². The van der Waals surface area contributed by atoms with Gasteiger partial charge in [0.05, 0.1) is 0 Å². The van der Waals surface area contributed by atoms with E-state index in [0.717, 1.165) is 0 Å². The molecule has 0 saturated heterocycles. The maximum absolute atomic E-state index is 11.0. The summed E-state index contributed by atoms with van der Waals surface area (Å²) in [5.41, 5.74) is 0. The van der Waals surface area contributed by atoms with Gasteiger partial charge in [0.15, 0.2) is 0 Å². The van der Waals surface area contributed by atoms with Crippen LogP contribution < -0.4 is 0 Å². The number of ether oxygens (including phenoxy) is 2. The lowest BCUT2D eigenvalue weighted by atomic mass is 10.1. The van der Waals surface area contributed by atoms with Gasteiger partial charge in [0.25, 0.3) is 0 Å². The standard InChI is InChI=1S/C10H13BrO3/c1-3-9(12)14-8-4-6-10(11,13-2)7-5-8/h4-6H,3,7H2,1-2H3. The van der Waals surface area contributed by atoms with Gasteiger partial charge >= 0.3 is 5.97 Å². The minimum absolute atomic E-state index is 0.222. The lowest BCUT2D eigenvalue weighted by Crippen LogP contribution is -2.21. The van der Waals surface area contributed by atoms with Gasteiger partial charge in [-0.1, -0.05) is 6.92 Å². The van der Waals surface area contributed by atoms with Crippen LogP contribution in [-0.4, -0.2) is 17.6 Å². The van der Waals surface area contributed by atoms with Gasteiger partial charge in [-0.3, -0.25) is 4.79 Å². The number of carbonyl (C=O) groups excluding carboxylic acids is 1. The third kappa shape index (κ3) is 2.96. The van der Waals surface area contributed by atoms with E-state index >= 15 is 0 Å². The molecule has 0 saturated carbocycles. The van der Waals surface area contributed by atoms with Crippen molar-refractivity contribution in [1.82, 2.24) is 0 Å². The van der Waals surface area contributed by atoms with Crippen LogP contribution in [0.3, 0.4) is 0 Å². The normalized spacial score (nSPS) is 25.8. The van der Waals surface area contributed by atoms with E-state index in [0.29, 0.717) is 18.6 Å². The van der Waals surface area contributed by atoms with E-state index in [1.165, 1.54) is 0 Å². The molecule has 0 aromatic heterocycles. The molecule has 0 aliphatic heterocycles. The Bertz CT molecular complexity index is 283. The summed E-state index contributed by atoms with van der Waals surface area (Å²) in [4.78, 5) is 11.0. The SMILES string of the molecule is CCC(=O)OC1=CCC(Br)(OC)C=C1. The molecule has 0 radical (unpaired) electrons. The summed E-state index contributed by atoms with van der Waals surface area (Å²) in [7, 11) is 1.62. The van der Waals surface area contributed by atoms with Crippen LogP contribution in [0.1, 0.15) is 19.8 Å². The molecule has 0 aromatic carbocycles. The minimum atomic E-state index is -0.449. The van der Waals surface area contributed by atoms with Gasteiger partial charge < -0.3 is 9.47 Å². The highest BCUT2D eigenvalue weighted by atomic mass is 79.9. The number of esters is 1. The van der Waals surface area contributed by atoms with E-state index in [1.54, 1.807) is 20.1 Å². The molecule has 14 heavy (non-hydrogen) atoms. The monoisotopic (exact) mass is 260 g/mol. The number of hydrogen-bond acceptors (Lipinski definition) is 3. The first-order valence-corrected chi connectivity index (χ1v) is 5.23. The molecule has 4 heteroatoms. The maximum Gasteiger partial charge on any atom is 0.310 e. The molecule has 1 aliphatic carbocycles. The van der Waals surface area contributed by atoms with Crippen LogP contribution in [0.15, 0.2) is 24.0 Å². The lowest BCUT2D eigenvalue weighted by Gasteiger charge is -2.23. The van der Waals surface area contributed by atoms with Crippen LogP contribution >= 0.6 is 15.9 Å². The molecule has 1 rings (SSSR count). The molecule has 0 heterocycles. The number of allylic oxidation sites excluding steroid dienone is 1. The van der Waals surface area contributed by atoms with Gasteiger partial charge in [-0.25, -0.2) is 0 Å². The van der Waals surface area contributed by atoms with Crippen molar-refractivity contribution in [1.29, 1.82) is 0 Å². The lowest BCUT2D eigenvalue weighted by molar-refractivity contribution is -0.138. The summed E-state index contributed by atoms with van der Waals surface area (Å²) in [5.74, 6) is 0.365. The molecule has 1 unspecified atom stereocenters. The predicted molar refractivity (Wildman–Crippen MR) is 56.9 cm³/mol. The van der Waals surface area contributed by atoms with Gasteiger partial charge in [-0.2, -0.15) is 0 Å². The Balaban J connectivity index is 2.55. The first kappa shape index (κ1) is 11.5. The Morgan fingerprint density at radius 1 is 1.71 bits per heavy atom. The van der Waals surface area contributed by atoms with Crippen molar-refractivity contribution < 1.29 is 14.3 Å². The van der Waals surface area contributed by atoms with Crippen LogP contribution in [0.4, 0.5) is 0 Å². The molecule has 0 amide bonds. The van der Waals surface area contributed by atoms with Crippen molar-refractivity contribution in [2.75, 3.05) is 7.11 Å². The largest absolute Gasteiger partial charge is 0.427 e. The summed E-state index contributed by atoms with van der Waals surface area (Å²) in [5, 5.41) is 0. The number of rotatable bonds is 3. The molecule has 0 bridgehead atoms. The van der Waals surface area contributed by atoms with E-state index < -0.39 is 4.51 Å².